The maximum absolute atomic E-state index is 12.8. The molecule has 136 valence electrons. The number of nitrogens with one attached hydrogen (secondary N) is 2. The predicted molar refractivity (Wildman–Crippen MR) is 97.4 cm³/mol. The number of aromatic nitrogens is 3. The summed E-state index contributed by atoms with van der Waals surface area (Å²) in [5.74, 6) is -0.570. The van der Waals surface area contributed by atoms with Gasteiger partial charge in [0.05, 0.1) is 27.5 Å². The quantitative estimate of drug-likeness (QED) is 0.525. The molecular weight excluding hydrogens is 457 g/mol. The Kier molecular flexibility index (Phi) is 5.44. The number of hydrogen-bond acceptors (Lipinski definition) is 4. The molecule has 0 unspecified atom stereocenters. The summed E-state index contributed by atoms with van der Waals surface area (Å²) < 4.78 is 39.0. The Balaban J connectivity index is 1.67. The zero-order valence-electron chi connectivity index (χ0n) is 12.7. The van der Waals surface area contributed by atoms with Gasteiger partial charge in [-0.25, -0.2) is 9.97 Å². The molecule has 0 aliphatic rings. The number of carbonyl (C=O) groups excluding carboxylic acids is 1. The number of hydrogen-bond donors (Lipinski definition) is 2. The van der Waals surface area contributed by atoms with Crippen LogP contribution in [-0.4, -0.2) is 26.6 Å². The van der Waals surface area contributed by atoms with Crippen LogP contribution in [0.15, 0.2) is 40.1 Å². The van der Waals surface area contributed by atoms with E-state index in [-0.39, 0.29) is 16.5 Å². The Hall–Kier alpha value is -1.78. The molecular formula is C15H9BrClF3N4OS. The van der Waals surface area contributed by atoms with Gasteiger partial charge in [-0.05, 0) is 40.2 Å². The molecule has 0 saturated heterocycles. The Morgan fingerprint density at radius 1 is 1.35 bits per heavy atom. The molecule has 0 aliphatic heterocycles. The van der Waals surface area contributed by atoms with E-state index in [2.05, 4.69) is 36.2 Å². The predicted octanol–water partition coefficient (Wildman–Crippen LogP) is 5.12. The summed E-state index contributed by atoms with van der Waals surface area (Å²) >= 11 is 10.2. The lowest BCUT2D eigenvalue weighted by atomic mass is 10.2. The summed E-state index contributed by atoms with van der Waals surface area (Å²) in [5.41, 5.74) is 0.210. The largest absolute Gasteiger partial charge is 0.416 e. The molecule has 2 N–H and O–H groups in total. The number of carbonyl (C=O) groups is 1. The van der Waals surface area contributed by atoms with Crippen LogP contribution in [0.4, 0.5) is 18.9 Å². The van der Waals surface area contributed by atoms with Crippen molar-refractivity contribution in [3.05, 3.63) is 45.5 Å². The third-order valence-corrected chi connectivity index (χ3v) is 4.83. The molecule has 2 aromatic heterocycles. The third-order valence-electron chi connectivity index (χ3n) is 3.19. The number of alkyl halides is 3. The van der Waals surface area contributed by atoms with E-state index < -0.39 is 17.6 Å². The Bertz CT molecular complexity index is 979. The van der Waals surface area contributed by atoms with Crippen molar-refractivity contribution in [3.8, 4) is 0 Å². The molecule has 1 amide bonds. The molecule has 1 aromatic carbocycles. The number of fused-ring (bicyclic) bond motifs is 1. The lowest BCUT2D eigenvalue weighted by molar-refractivity contribution is -0.137. The van der Waals surface area contributed by atoms with E-state index in [1.165, 1.54) is 0 Å². The molecule has 0 aliphatic carbocycles. The minimum absolute atomic E-state index is 0.0223. The molecule has 5 nitrogen and oxygen atoms in total. The fourth-order valence-electron chi connectivity index (χ4n) is 2.04. The van der Waals surface area contributed by atoms with Crippen molar-refractivity contribution in [1.82, 2.24) is 15.0 Å². The zero-order valence-corrected chi connectivity index (χ0v) is 15.9. The van der Waals surface area contributed by atoms with Gasteiger partial charge in [0.2, 0.25) is 5.91 Å². The van der Waals surface area contributed by atoms with Crippen LogP contribution in [-0.2, 0) is 11.0 Å². The first kappa shape index (κ1) is 19.0. The van der Waals surface area contributed by atoms with Gasteiger partial charge < -0.3 is 10.3 Å². The maximum Gasteiger partial charge on any atom is 0.416 e. The highest BCUT2D eigenvalue weighted by atomic mass is 79.9. The average molecular weight is 466 g/mol. The van der Waals surface area contributed by atoms with Crippen LogP contribution in [0.5, 0.6) is 0 Å². The van der Waals surface area contributed by atoms with E-state index in [4.69, 9.17) is 11.6 Å². The number of thioether (sulfide) groups is 1. The van der Waals surface area contributed by atoms with Gasteiger partial charge in [0.1, 0.15) is 0 Å². The van der Waals surface area contributed by atoms with Crippen molar-refractivity contribution in [2.45, 2.75) is 11.3 Å². The molecule has 3 aromatic rings. The summed E-state index contributed by atoms with van der Waals surface area (Å²) in [6.45, 7) is 0. The van der Waals surface area contributed by atoms with Gasteiger partial charge in [-0.1, -0.05) is 23.4 Å². The lowest BCUT2D eigenvalue weighted by Gasteiger charge is -2.11. The van der Waals surface area contributed by atoms with Crippen molar-refractivity contribution in [2.75, 3.05) is 11.1 Å². The number of halogens is 5. The standard InChI is InChI=1S/C15H9BrClF3N4OS/c16-8-4-11-13(21-5-8)24-14(23-11)26-6-12(25)22-10-3-7(15(18,19)20)1-2-9(10)17/h1-5H,6H2,(H,22,25)(H,21,23,24). The van der Waals surface area contributed by atoms with Crippen LogP contribution in [0.2, 0.25) is 5.02 Å². The molecule has 3 rings (SSSR count). The number of benzene rings is 1. The second-order valence-corrected chi connectivity index (χ2v) is 7.38. The molecule has 0 bridgehead atoms. The van der Waals surface area contributed by atoms with Crippen molar-refractivity contribution < 1.29 is 18.0 Å². The van der Waals surface area contributed by atoms with Gasteiger partial charge in [-0.15, -0.1) is 0 Å². The number of amides is 1. The van der Waals surface area contributed by atoms with E-state index in [0.717, 1.165) is 34.4 Å². The van der Waals surface area contributed by atoms with Crippen LogP contribution in [0.25, 0.3) is 11.2 Å². The normalized spacial score (nSPS) is 11.7. The molecule has 2 heterocycles. The highest BCUT2D eigenvalue weighted by molar-refractivity contribution is 9.10. The highest BCUT2D eigenvalue weighted by Gasteiger charge is 2.31. The first-order valence-corrected chi connectivity index (χ1v) is 9.19. The molecule has 0 saturated carbocycles. The van der Waals surface area contributed by atoms with Gasteiger partial charge in [0.25, 0.3) is 0 Å². The van der Waals surface area contributed by atoms with Gasteiger partial charge in [-0.2, -0.15) is 13.2 Å². The maximum atomic E-state index is 12.8. The minimum Gasteiger partial charge on any atom is -0.331 e. The average Bonchev–Trinajstić information content (AvgIpc) is 2.96. The number of nitrogens with zero attached hydrogens (tertiary/aromatic N) is 2. The van der Waals surface area contributed by atoms with Gasteiger partial charge in [-0.3, -0.25) is 4.79 Å². The molecule has 0 radical (unpaired) electrons. The van der Waals surface area contributed by atoms with Crippen LogP contribution in [0.3, 0.4) is 0 Å². The Labute approximate surface area is 162 Å². The molecule has 0 fully saturated rings. The smallest absolute Gasteiger partial charge is 0.331 e. The first-order chi connectivity index (χ1) is 12.2. The molecule has 11 heteroatoms. The van der Waals surface area contributed by atoms with Crippen LogP contribution in [0, 0.1) is 0 Å². The van der Waals surface area contributed by atoms with Crippen LogP contribution < -0.4 is 5.32 Å². The first-order valence-electron chi connectivity index (χ1n) is 7.03. The minimum atomic E-state index is -4.52. The number of pyridine rings is 1. The highest BCUT2D eigenvalue weighted by Crippen LogP contribution is 2.34. The van der Waals surface area contributed by atoms with Gasteiger partial charge in [0, 0.05) is 10.7 Å². The second kappa shape index (κ2) is 7.45. The van der Waals surface area contributed by atoms with Gasteiger partial charge in [0.15, 0.2) is 10.8 Å². The summed E-state index contributed by atoms with van der Waals surface area (Å²) in [6, 6.07) is 4.54. The third kappa shape index (κ3) is 4.49. The van der Waals surface area contributed by atoms with Crippen molar-refractivity contribution in [3.63, 3.8) is 0 Å². The topological polar surface area (TPSA) is 70.7 Å². The van der Waals surface area contributed by atoms with Crippen LogP contribution >= 0.6 is 39.3 Å². The Morgan fingerprint density at radius 3 is 2.85 bits per heavy atom. The number of anilines is 1. The lowest BCUT2D eigenvalue weighted by Crippen LogP contribution is -2.15. The van der Waals surface area contributed by atoms with E-state index in [1.54, 1.807) is 12.3 Å². The molecule has 26 heavy (non-hydrogen) atoms. The van der Waals surface area contributed by atoms with Crippen LogP contribution in [0.1, 0.15) is 5.56 Å². The fraction of sp³-hybridized carbons (Fsp3) is 0.133. The fourth-order valence-corrected chi connectivity index (χ4v) is 3.21. The number of aromatic amines is 1. The van der Waals surface area contributed by atoms with Gasteiger partial charge >= 0.3 is 6.18 Å². The monoisotopic (exact) mass is 464 g/mol. The van der Waals surface area contributed by atoms with Crippen molar-refractivity contribution in [2.24, 2.45) is 0 Å². The van der Waals surface area contributed by atoms with E-state index in [9.17, 15) is 18.0 Å². The summed E-state index contributed by atoms with van der Waals surface area (Å²) in [5, 5.41) is 2.87. The Morgan fingerprint density at radius 2 is 2.12 bits per heavy atom. The van der Waals surface area contributed by atoms with Crippen molar-refractivity contribution >= 4 is 62.1 Å². The summed E-state index contributed by atoms with van der Waals surface area (Å²) in [6.07, 6.45) is -2.92. The summed E-state index contributed by atoms with van der Waals surface area (Å²) in [4.78, 5) is 23.4. The van der Waals surface area contributed by atoms with E-state index in [1.807, 2.05) is 0 Å². The summed E-state index contributed by atoms with van der Waals surface area (Å²) in [7, 11) is 0. The second-order valence-electron chi connectivity index (χ2n) is 5.10. The zero-order chi connectivity index (χ0) is 18.9. The SMILES string of the molecule is O=C(CSc1nc2ncc(Br)cc2[nH]1)Nc1cc(C(F)(F)F)ccc1Cl. The number of H-pyrrole nitrogens is 1. The molecule has 0 atom stereocenters. The van der Waals surface area contributed by atoms with Crippen molar-refractivity contribution in [1.29, 1.82) is 0 Å². The number of imidazole rings is 1. The number of rotatable bonds is 4. The molecule has 0 spiro atoms. The van der Waals surface area contributed by atoms with E-state index in [0.29, 0.717) is 16.3 Å². The van der Waals surface area contributed by atoms with E-state index >= 15 is 0 Å².